The Bertz CT molecular complexity index is 2630. The number of aryl methyl sites for hydroxylation is 1. The summed E-state index contributed by atoms with van der Waals surface area (Å²) in [6, 6.07) is 18.1. The number of hydrogen-bond donors (Lipinski definition) is 2. The fourth-order valence-electron chi connectivity index (χ4n) is 8.58. The Morgan fingerprint density at radius 3 is 2.25 bits per heavy atom. The average molecular weight is 1030 g/mol. The van der Waals surface area contributed by atoms with Gasteiger partial charge in [0.1, 0.15) is 30.0 Å². The minimum Gasteiger partial charge on any atom is -0.494 e. The maximum atomic E-state index is 14.0. The van der Waals surface area contributed by atoms with E-state index < -0.39 is 52.2 Å². The number of nitriles is 1. The molecular formula is C53H64F3N7O7S2. The van der Waals surface area contributed by atoms with Crippen molar-refractivity contribution in [2.75, 3.05) is 49.4 Å². The van der Waals surface area contributed by atoms with Crippen molar-refractivity contribution in [1.82, 2.24) is 20.5 Å². The third-order valence-corrected chi connectivity index (χ3v) is 14.3. The fourth-order valence-corrected chi connectivity index (χ4v) is 9.91. The summed E-state index contributed by atoms with van der Waals surface area (Å²) >= 11 is 7.24. The van der Waals surface area contributed by atoms with Crippen LogP contribution in [0, 0.1) is 29.1 Å². The van der Waals surface area contributed by atoms with Gasteiger partial charge in [-0.25, -0.2) is 4.98 Å². The molecule has 1 aromatic heterocycles. The molecule has 0 unspecified atom stereocenters. The molecule has 14 nitrogen and oxygen atoms in total. The summed E-state index contributed by atoms with van der Waals surface area (Å²) < 4.78 is 58.8. The van der Waals surface area contributed by atoms with Crippen LogP contribution in [0.3, 0.4) is 0 Å². The summed E-state index contributed by atoms with van der Waals surface area (Å²) in [4.78, 5) is 63.7. The smallest absolute Gasteiger partial charge is 0.417 e. The van der Waals surface area contributed by atoms with Gasteiger partial charge in [-0.1, -0.05) is 58.9 Å². The maximum Gasteiger partial charge on any atom is 0.417 e. The first kappa shape index (κ1) is 55.4. The second kappa shape index (κ2) is 23.3. The second-order valence-corrected chi connectivity index (χ2v) is 21.6. The van der Waals surface area contributed by atoms with E-state index in [2.05, 4.69) is 29.5 Å². The van der Waals surface area contributed by atoms with Crippen molar-refractivity contribution in [2.24, 2.45) is 10.8 Å². The van der Waals surface area contributed by atoms with Crippen molar-refractivity contribution in [3.05, 3.63) is 94.6 Å². The molecule has 2 saturated heterocycles. The quantitative estimate of drug-likeness (QED) is 0.0603. The van der Waals surface area contributed by atoms with Gasteiger partial charge in [-0.15, -0.1) is 11.3 Å². The molecule has 72 heavy (non-hydrogen) atoms. The van der Waals surface area contributed by atoms with Crippen LogP contribution in [0.2, 0.25) is 0 Å². The molecule has 2 atom stereocenters. The Kier molecular flexibility index (Phi) is 17.9. The number of nitrogens with one attached hydrogen (secondary N) is 2. The SMILES string of the molecule is Cc1ncsc1-c1ccc(CNC(=O)[C@@H]2CCCN2C(=O)[C@@H](NC(=O)COCCCOCCC(C)(C)CCOc2ccc(N3C(=S)N(c4ccc(C#N)c(C(F)(F)F)c4)C(=O)C3(C)C)cc2)C(C)(C)C)cc1. The summed E-state index contributed by atoms with van der Waals surface area (Å²) in [5.74, 6) is -0.862. The summed E-state index contributed by atoms with van der Waals surface area (Å²) in [5.41, 5.74) is 1.62. The second-order valence-electron chi connectivity index (χ2n) is 20.4. The molecule has 2 N–H and O–H groups in total. The van der Waals surface area contributed by atoms with Crippen LogP contribution in [0.15, 0.2) is 72.2 Å². The van der Waals surface area contributed by atoms with Crippen molar-refractivity contribution < 1.29 is 46.6 Å². The highest BCUT2D eigenvalue weighted by Gasteiger charge is 2.51. The van der Waals surface area contributed by atoms with Gasteiger partial charge in [0.25, 0.3) is 5.91 Å². The zero-order valence-electron chi connectivity index (χ0n) is 42.1. The van der Waals surface area contributed by atoms with Gasteiger partial charge in [-0.2, -0.15) is 18.4 Å². The highest BCUT2D eigenvalue weighted by atomic mass is 32.1. The van der Waals surface area contributed by atoms with Gasteiger partial charge in [-0.05, 0) is 130 Å². The van der Waals surface area contributed by atoms with Gasteiger partial charge in [0.2, 0.25) is 17.7 Å². The largest absolute Gasteiger partial charge is 0.494 e. The number of likely N-dealkylation sites (tertiary alicyclic amines) is 1. The first-order chi connectivity index (χ1) is 33.9. The standard InChI is InChI=1S/C53H64F3N7O7S2/c1-34-44(72-33-59-34)36-14-12-35(13-15-36)31-58-46(65)42-11-9-24-61(42)47(66)45(50(2,3)4)60-43(64)32-69-26-10-25-68-27-22-51(5,6)23-28-70-40-20-18-38(19-21-40)63-49(71)62(48(67)52(63,7)8)39-17-16-37(30-57)41(29-39)53(54,55)56/h12-21,29,33,42,45H,9-11,22-28,31-32H2,1-8H3,(H,58,65)(H,60,64)/t42-,45+/m0/s1. The third kappa shape index (κ3) is 13.6. The van der Waals surface area contributed by atoms with Crippen molar-refractivity contribution in [3.63, 3.8) is 0 Å². The van der Waals surface area contributed by atoms with E-state index in [1.54, 1.807) is 65.3 Å². The van der Waals surface area contributed by atoms with Crippen molar-refractivity contribution in [3.8, 4) is 22.3 Å². The summed E-state index contributed by atoms with van der Waals surface area (Å²) in [6.07, 6.45) is -1.53. The van der Waals surface area contributed by atoms with E-state index in [9.17, 15) is 37.6 Å². The van der Waals surface area contributed by atoms with Crippen LogP contribution >= 0.6 is 23.6 Å². The number of rotatable bonds is 21. The Morgan fingerprint density at radius 1 is 0.944 bits per heavy atom. The zero-order valence-corrected chi connectivity index (χ0v) is 43.7. The lowest BCUT2D eigenvalue weighted by Gasteiger charge is -2.35. The number of amides is 4. The normalized spacial score (nSPS) is 16.5. The van der Waals surface area contributed by atoms with Crippen LogP contribution < -0.4 is 25.2 Å². The van der Waals surface area contributed by atoms with Crippen LogP contribution in [0.4, 0.5) is 24.5 Å². The van der Waals surface area contributed by atoms with E-state index >= 15 is 0 Å². The monoisotopic (exact) mass is 1030 g/mol. The van der Waals surface area contributed by atoms with Gasteiger partial charge in [0.05, 0.1) is 45.6 Å². The molecule has 0 spiro atoms. The molecule has 2 fully saturated rings. The minimum atomic E-state index is -4.80. The molecule has 3 heterocycles. The highest BCUT2D eigenvalue weighted by Crippen LogP contribution is 2.40. The Labute approximate surface area is 429 Å². The first-order valence-corrected chi connectivity index (χ1v) is 25.3. The van der Waals surface area contributed by atoms with Crippen LogP contribution in [-0.2, 0) is 41.4 Å². The lowest BCUT2D eigenvalue weighted by atomic mass is 9.85. The Morgan fingerprint density at radius 2 is 1.61 bits per heavy atom. The van der Waals surface area contributed by atoms with Crippen molar-refractivity contribution in [1.29, 1.82) is 5.26 Å². The van der Waals surface area contributed by atoms with Crippen LogP contribution in [0.5, 0.6) is 5.75 Å². The van der Waals surface area contributed by atoms with Crippen LogP contribution in [0.25, 0.3) is 10.4 Å². The topological polar surface area (TPSA) is 166 Å². The highest BCUT2D eigenvalue weighted by molar-refractivity contribution is 7.81. The average Bonchev–Trinajstić information content (AvgIpc) is 4.04. The molecule has 2 aliphatic rings. The van der Waals surface area contributed by atoms with Crippen LogP contribution in [-0.4, -0.2) is 95.8 Å². The third-order valence-electron chi connectivity index (χ3n) is 12.9. The van der Waals surface area contributed by atoms with E-state index in [4.69, 9.17) is 26.4 Å². The molecule has 0 bridgehead atoms. The van der Waals surface area contributed by atoms with Crippen molar-refractivity contribution >= 4 is 63.7 Å². The molecule has 4 aromatic rings. The molecule has 6 rings (SSSR count). The number of nitrogens with zero attached hydrogens (tertiary/aromatic N) is 5. The lowest BCUT2D eigenvalue weighted by molar-refractivity contribution is -0.144. The van der Waals surface area contributed by atoms with E-state index in [1.807, 2.05) is 57.5 Å². The lowest BCUT2D eigenvalue weighted by Crippen LogP contribution is -2.58. The molecule has 0 saturated carbocycles. The van der Waals surface area contributed by atoms with Crippen LogP contribution in [0.1, 0.15) is 103 Å². The van der Waals surface area contributed by atoms with E-state index in [1.165, 1.54) is 6.07 Å². The molecule has 386 valence electrons. The first-order valence-electron chi connectivity index (χ1n) is 24.0. The van der Waals surface area contributed by atoms with Gasteiger partial charge >= 0.3 is 6.18 Å². The van der Waals surface area contributed by atoms with E-state index in [0.29, 0.717) is 63.6 Å². The molecule has 0 aliphatic carbocycles. The number of benzene rings is 3. The molecule has 0 radical (unpaired) electrons. The number of ether oxygens (including phenoxy) is 3. The number of thiazole rings is 1. The van der Waals surface area contributed by atoms with Gasteiger partial charge in [0, 0.05) is 38.6 Å². The number of hydrogen-bond acceptors (Lipinski definition) is 11. The number of aromatic nitrogens is 1. The Hall–Kier alpha value is -5.94. The molecule has 2 aliphatic heterocycles. The fraction of sp³-hybridized carbons (Fsp3) is 0.491. The number of halogens is 3. The number of carbonyl (C=O) groups excluding carboxylic acids is 4. The van der Waals surface area contributed by atoms with E-state index in [0.717, 1.165) is 51.6 Å². The summed E-state index contributed by atoms with van der Waals surface area (Å²) in [7, 11) is 0. The molecule has 19 heteroatoms. The number of thiocarbonyl (C=S) groups is 1. The number of carbonyl (C=O) groups is 4. The Balaban J connectivity index is 0.871. The van der Waals surface area contributed by atoms with Gasteiger partial charge in [0.15, 0.2) is 5.11 Å². The molecular weight excluding hydrogens is 968 g/mol. The van der Waals surface area contributed by atoms with E-state index in [-0.39, 0.29) is 41.2 Å². The van der Waals surface area contributed by atoms with Gasteiger partial charge in [-0.3, -0.25) is 24.1 Å². The minimum absolute atomic E-state index is 0.00376. The maximum absolute atomic E-state index is 14.0. The summed E-state index contributed by atoms with van der Waals surface area (Å²) in [6.45, 7) is 17.3. The predicted molar refractivity (Wildman–Crippen MR) is 274 cm³/mol. The number of anilines is 2. The predicted octanol–water partition coefficient (Wildman–Crippen LogP) is 9.37. The number of alkyl halides is 3. The summed E-state index contributed by atoms with van der Waals surface area (Å²) in [5, 5.41) is 15.1. The zero-order chi connectivity index (χ0) is 52.6. The molecule has 3 aromatic carbocycles. The van der Waals surface area contributed by atoms with Crippen molar-refractivity contribution in [2.45, 2.75) is 118 Å². The molecule has 4 amide bonds. The van der Waals surface area contributed by atoms with Gasteiger partial charge < -0.3 is 34.6 Å².